The van der Waals surface area contributed by atoms with Crippen molar-refractivity contribution in [1.29, 1.82) is 0 Å². The first-order chi connectivity index (χ1) is 14.4. The van der Waals surface area contributed by atoms with Crippen molar-refractivity contribution in [2.75, 3.05) is 18.5 Å². The molecule has 0 bridgehead atoms. The summed E-state index contributed by atoms with van der Waals surface area (Å²) < 4.78 is 18.2. The number of amides is 2. The van der Waals surface area contributed by atoms with E-state index < -0.39 is 11.9 Å². The number of carbonyl (C=O) groups excluding carboxylic acids is 3. The predicted octanol–water partition coefficient (Wildman–Crippen LogP) is 3.84. The minimum Gasteiger partial charge on any atom is -0.462 e. The van der Waals surface area contributed by atoms with Crippen LogP contribution in [0.5, 0.6) is 0 Å². The molecule has 0 atom stereocenters. The van der Waals surface area contributed by atoms with E-state index in [1.807, 2.05) is 0 Å². The van der Waals surface area contributed by atoms with Crippen LogP contribution in [0.3, 0.4) is 0 Å². The summed E-state index contributed by atoms with van der Waals surface area (Å²) in [4.78, 5) is 38.2. The van der Waals surface area contributed by atoms with Gasteiger partial charge in [-0.1, -0.05) is 36.1 Å². The lowest BCUT2D eigenvalue weighted by molar-refractivity contribution is -0.126. The van der Waals surface area contributed by atoms with E-state index in [0.717, 1.165) is 11.8 Å². The standard InChI is InChI=1S/C21H17FN2O4S2/c1-2-28-20(27)14-5-9-16(10-6-14)23-18(25)12-24-19(26)17(30-21(24)29)11-13-3-7-15(22)8-4-13/h3-11H,2,12H2,1H3,(H,23,25)/b17-11-. The first kappa shape index (κ1) is 21.7. The Morgan fingerprint density at radius 2 is 1.83 bits per heavy atom. The average molecular weight is 445 g/mol. The van der Waals surface area contributed by atoms with Gasteiger partial charge in [0.15, 0.2) is 0 Å². The SMILES string of the molecule is CCOC(=O)c1ccc(NC(=O)CN2C(=O)/C(=C/c3ccc(F)cc3)SC2=S)cc1. The molecule has 0 saturated carbocycles. The molecule has 1 fully saturated rings. The molecular formula is C21H17FN2O4S2. The number of thioether (sulfide) groups is 1. The summed E-state index contributed by atoms with van der Waals surface area (Å²) in [5.74, 6) is -1.63. The molecule has 0 aliphatic carbocycles. The van der Waals surface area contributed by atoms with Crippen molar-refractivity contribution in [2.45, 2.75) is 6.92 Å². The molecule has 0 aromatic heterocycles. The van der Waals surface area contributed by atoms with Crippen molar-refractivity contribution in [3.8, 4) is 0 Å². The largest absolute Gasteiger partial charge is 0.462 e. The third-order valence-corrected chi connectivity index (χ3v) is 5.40. The normalized spacial score (nSPS) is 14.9. The maximum absolute atomic E-state index is 13.0. The van der Waals surface area contributed by atoms with Gasteiger partial charge in [0.2, 0.25) is 5.91 Å². The molecule has 0 spiro atoms. The van der Waals surface area contributed by atoms with Crippen LogP contribution < -0.4 is 5.32 Å². The second-order valence-corrected chi connectivity index (χ2v) is 7.84. The van der Waals surface area contributed by atoms with Crippen LogP contribution in [0.15, 0.2) is 53.4 Å². The number of hydrogen-bond donors (Lipinski definition) is 1. The number of ether oxygens (including phenoxy) is 1. The number of carbonyl (C=O) groups is 3. The lowest BCUT2D eigenvalue weighted by Crippen LogP contribution is -2.36. The summed E-state index contributed by atoms with van der Waals surface area (Å²) in [6.07, 6.45) is 1.60. The molecule has 0 radical (unpaired) electrons. The predicted molar refractivity (Wildman–Crippen MR) is 117 cm³/mol. The number of nitrogens with zero attached hydrogens (tertiary/aromatic N) is 1. The lowest BCUT2D eigenvalue weighted by atomic mass is 10.2. The lowest BCUT2D eigenvalue weighted by Gasteiger charge is -2.14. The van der Waals surface area contributed by atoms with Crippen LogP contribution in [-0.2, 0) is 14.3 Å². The molecule has 154 valence electrons. The highest BCUT2D eigenvalue weighted by Crippen LogP contribution is 2.32. The maximum atomic E-state index is 13.0. The molecule has 1 saturated heterocycles. The number of esters is 1. The molecule has 1 N–H and O–H groups in total. The van der Waals surface area contributed by atoms with Crippen LogP contribution in [0.2, 0.25) is 0 Å². The van der Waals surface area contributed by atoms with Gasteiger partial charge < -0.3 is 10.1 Å². The molecule has 1 heterocycles. The van der Waals surface area contributed by atoms with E-state index in [4.69, 9.17) is 17.0 Å². The van der Waals surface area contributed by atoms with Gasteiger partial charge in [0.05, 0.1) is 17.1 Å². The maximum Gasteiger partial charge on any atom is 0.338 e. The van der Waals surface area contributed by atoms with Crippen molar-refractivity contribution in [1.82, 2.24) is 4.90 Å². The molecule has 2 amide bonds. The van der Waals surface area contributed by atoms with Crippen molar-refractivity contribution in [2.24, 2.45) is 0 Å². The van der Waals surface area contributed by atoms with Gasteiger partial charge in [-0.15, -0.1) is 0 Å². The Labute approximate surface area is 182 Å². The van der Waals surface area contributed by atoms with E-state index in [1.165, 1.54) is 17.0 Å². The molecule has 1 aliphatic heterocycles. The van der Waals surface area contributed by atoms with Crippen molar-refractivity contribution in [3.63, 3.8) is 0 Å². The van der Waals surface area contributed by atoms with E-state index in [1.54, 1.807) is 49.4 Å². The number of anilines is 1. The molecule has 3 rings (SSSR count). The summed E-state index contributed by atoms with van der Waals surface area (Å²) in [7, 11) is 0. The highest BCUT2D eigenvalue weighted by atomic mass is 32.2. The average Bonchev–Trinajstić information content (AvgIpc) is 2.98. The van der Waals surface area contributed by atoms with Gasteiger partial charge >= 0.3 is 5.97 Å². The summed E-state index contributed by atoms with van der Waals surface area (Å²) in [5.41, 5.74) is 1.50. The van der Waals surface area contributed by atoms with Crippen LogP contribution in [0.1, 0.15) is 22.8 Å². The Kier molecular flexibility index (Phi) is 6.96. The number of benzene rings is 2. The second kappa shape index (κ2) is 9.64. The van der Waals surface area contributed by atoms with Crippen LogP contribution >= 0.6 is 24.0 Å². The Hall–Kier alpha value is -3.04. The smallest absolute Gasteiger partial charge is 0.338 e. The van der Waals surface area contributed by atoms with E-state index in [9.17, 15) is 18.8 Å². The third kappa shape index (κ3) is 5.31. The Morgan fingerprint density at radius 3 is 2.47 bits per heavy atom. The monoisotopic (exact) mass is 444 g/mol. The quantitative estimate of drug-likeness (QED) is 0.415. The summed E-state index contributed by atoms with van der Waals surface area (Å²) in [6.45, 7) is 1.75. The molecule has 1 aliphatic rings. The number of nitrogens with one attached hydrogen (secondary N) is 1. The highest BCUT2D eigenvalue weighted by molar-refractivity contribution is 8.26. The number of hydrogen-bond acceptors (Lipinski definition) is 6. The summed E-state index contributed by atoms with van der Waals surface area (Å²) in [6, 6.07) is 11.9. The minimum atomic E-state index is -0.444. The fraction of sp³-hybridized carbons (Fsp3) is 0.143. The zero-order valence-electron chi connectivity index (χ0n) is 15.9. The van der Waals surface area contributed by atoms with Crippen molar-refractivity contribution >= 4 is 57.8 Å². The number of halogens is 1. The Balaban J connectivity index is 1.62. The van der Waals surface area contributed by atoms with Gasteiger partial charge in [0, 0.05) is 5.69 Å². The number of thiocarbonyl (C=S) groups is 1. The summed E-state index contributed by atoms with van der Waals surface area (Å²) >= 11 is 6.30. The van der Waals surface area contributed by atoms with Crippen LogP contribution in [0.4, 0.5) is 10.1 Å². The summed E-state index contributed by atoms with van der Waals surface area (Å²) in [5, 5.41) is 2.66. The molecule has 2 aromatic carbocycles. The zero-order chi connectivity index (χ0) is 21.7. The molecular weight excluding hydrogens is 427 g/mol. The Morgan fingerprint density at radius 1 is 1.17 bits per heavy atom. The van der Waals surface area contributed by atoms with E-state index in [2.05, 4.69) is 5.32 Å². The molecule has 2 aromatic rings. The topological polar surface area (TPSA) is 75.7 Å². The first-order valence-corrected chi connectivity index (χ1v) is 10.2. The second-order valence-electron chi connectivity index (χ2n) is 6.17. The minimum absolute atomic E-state index is 0.245. The van der Waals surface area contributed by atoms with Crippen LogP contribution in [-0.4, -0.2) is 40.2 Å². The van der Waals surface area contributed by atoms with Crippen molar-refractivity contribution < 1.29 is 23.5 Å². The van der Waals surface area contributed by atoms with Gasteiger partial charge in [0.25, 0.3) is 5.91 Å². The fourth-order valence-corrected chi connectivity index (χ4v) is 3.85. The Bertz CT molecular complexity index is 1020. The molecule has 6 nitrogen and oxygen atoms in total. The fourth-order valence-electron chi connectivity index (χ4n) is 2.59. The zero-order valence-corrected chi connectivity index (χ0v) is 17.5. The van der Waals surface area contributed by atoms with Gasteiger partial charge in [-0.25, -0.2) is 9.18 Å². The van der Waals surface area contributed by atoms with E-state index in [0.29, 0.717) is 21.7 Å². The molecule has 9 heteroatoms. The van der Waals surface area contributed by atoms with Gasteiger partial charge in [-0.05, 0) is 55.0 Å². The third-order valence-electron chi connectivity index (χ3n) is 4.02. The first-order valence-electron chi connectivity index (χ1n) is 8.95. The molecule has 30 heavy (non-hydrogen) atoms. The number of rotatable bonds is 6. The van der Waals surface area contributed by atoms with Gasteiger partial charge in [0.1, 0.15) is 16.7 Å². The van der Waals surface area contributed by atoms with Crippen LogP contribution in [0.25, 0.3) is 6.08 Å². The van der Waals surface area contributed by atoms with Gasteiger partial charge in [-0.3, -0.25) is 14.5 Å². The van der Waals surface area contributed by atoms with Gasteiger partial charge in [-0.2, -0.15) is 0 Å². The highest BCUT2D eigenvalue weighted by Gasteiger charge is 2.33. The van der Waals surface area contributed by atoms with E-state index in [-0.39, 0.29) is 29.2 Å². The van der Waals surface area contributed by atoms with Crippen molar-refractivity contribution in [3.05, 3.63) is 70.4 Å². The molecule has 0 unspecified atom stereocenters. The van der Waals surface area contributed by atoms with Crippen LogP contribution in [0, 0.1) is 5.82 Å². The van der Waals surface area contributed by atoms with E-state index >= 15 is 0 Å².